The standard InChI is InChI=1S/C18H19FN4O3.ClH/c1-21-6-11-4-10(21)7-22(11)17-14(19)5-12-15(24)13(18(25)26)8-23(9-2-3-9)16(12)20-17;/h5,8-11H,2-4,6-7H2,1H3,(H,25,26);1H/t10-,11?;/m1./s1. The van der Waals surface area contributed by atoms with Crippen molar-refractivity contribution in [2.24, 2.45) is 0 Å². The van der Waals surface area contributed by atoms with Crippen LogP contribution in [0.5, 0.6) is 0 Å². The first-order valence-corrected chi connectivity index (χ1v) is 8.89. The largest absolute Gasteiger partial charge is 0.477 e. The Labute approximate surface area is 160 Å². The predicted molar refractivity (Wildman–Crippen MR) is 101 cm³/mol. The number of carboxylic acid groups (broad SMARTS) is 1. The molecule has 144 valence electrons. The van der Waals surface area contributed by atoms with Crippen molar-refractivity contribution in [1.29, 1.82) is 0 Å². The third kappa shape index (κ3) is 2.70. The summed E-state index contributed by atoms with van der Waals surface area (Å²) in [6.45, 7) is 1.59. The van der Waals surface area contributed by atoms with Gasteiger partial charge < -0.3 is 14.6 Å². The van der Waals surface area contributed by atoms with E-state index < -0.39 is 17.2 Å². The number of carbonyl (C=O) groups is 1. The van der Waals surface area contributed by atoms with Gasteiger partial charge in [0.25, 0.3) is 0 Å². The number of nitrogens with zero attached hydrogens (tertiary/aromatic N) is 4. The average molecular weight is 395 g/mol. The van der Waals surface area contributed by atoms with Gasteiger partial charge in [0.15, 0.2) is 11.6 Å². The fraction of sp³-hybridized carbons (Fsp3) is 0.500. The third-order valence-corrected chi connectivity index (χ3v) is 5.90. The van der Waals surface area contributed by atoms with Crippen LogP contribution < -0.4 is 10.3 Å². The van der Waals surface area contributed by atoms with Gasteiger partial charge in [-0.05, 0) is 32.4 Å². The summed E-state index contributed by atoms with van der Waals surface area (Å²) >= 11 is 0. The molecule has 0 spiro atoms. The Hall–Kier alpha value is -2.19. The Morgan fingerprint density at radius 2 is 2.00 bits per heavy atom. The molecule has 3 aliphatic rings. The molecule has 2 saturated heterocycles. The van der Waals surface area contributed by atoms with Crippen molar-refractivity contribution < 1.29 is 14.3 Å². The summed E-state index contributed by atoms with van der Waals surface area (Å²) in [5.74, 6) is -1.58. The molecular formula is C18H20ClFN4O3. The molecule has 27 heavy (non-hydrogen) atoms. The normalized spacial score (nSPS) is 24.4. The molecular weight excluding hydrogens is 375 g/mol. The van der Waals surface area contributed by atoms with E-state index in [1.54, 1.807) is 4.57 Å². The molecule has 1 N–H and O–H groups in total. The summed E-state index contributed by atoms with van der Waals surface area (Å²) in [7, 11) is 2.07. The van der Waals surface area contributed by atoms with Gasteiger partial charge in [0, 0.05) is 37.4 Å². The lowest BCUT2D eigenvalue weighted by Crippen LogP contribution is -2.45. The van der Waals surface area contributed by atoms with Gasteiger partial charge in [-0.2, -0.15) is 0 Å². The van der Waals surface area contributed by atoms with Crippen LogP contribution in [0.1, 0.15) is 35.7 Å². The van der Waals surface area contributed by atoms with Gasteiger partial charge in [0.05, 0.1) is 5.39 Å². The number of rotatable bonds is 3. The van der Waals surface area contributed by atoms with Crippen LogP contribution in [0.2, 0.25) is 0 Å². The van der Waals surface area contributed by atoms with Crippen molar-refractivity contribution >= 4 is 35.2 Å². The smallest absolute Gasteiger partial charge is 0.341 e. The van der Waals surface area contributed by atoms with Gasteiger partial charge in [-0.1, -0.05) is 0 Å². The second kappa shape index (κ2) is 6.17. The number of pyridine rings is 2. The van der Waals surface area contributed by atoms with E-state index >= 15 is 0 Å². The molecule has 1 aliphatic carbocycles. The van der Waals surface area contributed by atoms with Crippen molar-refractivity contribution in [3.63, 3.8) is 0 Å². The van der Waals surface area contributed by atoms with Crippen LogP contribution in [0.4, 0.5) is 10.2 Å². The average Bonchev–Trinajstić information content (AvgIpc) is 3.26. The molecule has 0 radical (unpaired) electrons. The number of halogens is 2. The molecule has 0 aromatic carbocycles. The van der Waals surface area contributed by atoms with E-state index in [0.717, 1.165) is 32.4 Å². The summed E-state index contributed by atoms with van der Waals surface area (Å²) in [4.78, 5) is 32.7. The van der Waals surface area contributed by atoms with Crippen LogP contribution in [0.25, 0.3) is 11.0 Å². The van der Waals surface area contributed by atoms with Crippen molar-refractivity contribution in [3.8, 4) is 0 Å². The van der Waals surface area contributed by atoms with Crippen molar-refractivity contribution in [2.45, 2.75) is 37.4 Å². The summed E-state index contributed by atoms with van der Waals surface area (Å²) < 4.78 is 16.6. The minimum absolute atomic E-state index is 0. The van der Waals surface area contributed by atoms with Crippen LogP contribution in [-0.4, -0.2) is 57.7 Å². The number of hydrogen-bond donors (Lipinski definition) is 1. The Balaban J connectivity index is 0.00000180. The molecule has 2 aromatic heterocycles. The van der Waals surface area contributed by atoms with E-state index in [-0.39, 0.29) is 41.3 Å². The van der Waals surface area contributed by atoms with Crippen molar-refractivity contribution in [1.82, 2.24) is 14.5 Å². The van der Waals surface area contributed by atoms with Crippen LogP contribution in [0.3, 0.4) is 0 Å². The summed E-state index contributed by atoms with van der Waals surface area (Å²) in [6.07, 6.45) is 4.17. The quantitative estimate of drug-likeness (QED) is 0.856. The highest BCUT2D eigenvalue weighted by atomic mass is 35.5. The number of carboxylic acids is 1. The number of piperazine rings is 1. The zero-order chi connectivity index (χ0) is 18.2. The molecule has 2 aliphatic heterocycles. The van der Waals surface area contributed by atoms with Crippen molar-refractivity contribution in [2.75, 3.05) is 25.0 Å². The molecule has 4 heterocycles. The zero-order valence-electron chi connectivity index (χ0n) is 14.8. The lowest BCUT2D eigenvalue weighted by Gasteiger charge is -2.33. The molecule has 2 bridgehead atoms. The summed E-state index contributed by atoms with van der Waals surface area (Å²) in [5, 5.41) is 9.35. The minimum Gasteiger partial charge on any atom is -0.477 e. The third-order valence-electron chi connectivity index (χ3n) is 5.90. The van der Waals surface area contributed by atoms with E-state index in [1.807, 2.05) is 4.90 Å². The number of anilines is 1. The molecule has 2 atom stereocenters. The zero-order valence-corrected chi connectivity index (χ0v) is 15.6. The lowest BCUT2D eigenvalue weighted by atomic mass is 10.1. The molecule has 2 aromatic rings. The fourth-order valence-corrected chi connectivity index (χ4v) is 4.35. The highest BCUT2D eigenvalue weighted by Crippen LogP contribution is 2.38. The maximum Gasteiger partial charge on any atom is 0.341 e. The minimum atomic E-state index is -1.30. The molecule has 7 nitrogen and oxygen atoms in total. The first-order valence-electron chi connectivity index (χ1n) is 8.89. The lowest BCUT2D eigenvalue weighted by molar-refractivity contribution is 0.0695. The maximum atomic E-state index is 14.8. The molecule has 1 saturated carbocycles. The van der Waals surface area contributed by atoms with Crippen LogP contribution in [-0.2, 0) is 0 Å². The van der Waals surface area contributed by atoms with Gasteiger partial charge in [-0.3, -0.25) is 9.69 Å². The van der Waals surface area contributed by atoms with Gasteiger partial charge in [-0.15, -0.1) is 12.4 Å². The first kappa shape index (κ1) is 18.2. The Kier molecular flexibility index (Phi) is 4.16. The van der Waals surface area contributed by atoms with E-state index in [0.29, 0.717) is 11.7 Å². The van der Waals surface area contributed by atoms with Crippen LogP contribution in [0.15, 0.2) is 17.1 Å². The first-order chi connectivity index (χ1) is 12.4. The Morgan fingerprint density at radius 1 is 1.26 bits per heavy atom. The maximum absolute atomic E-state index is 14.8. The van der Waals surface area contributed by atoms with E-state index in [4.69, 9.17) is 0 Å². The topological polar surface area (TPSA) is 78.7 Å². The van der Waals surface area contributed by atoms with Crippen LogP contribution in [0, 0.1) is 5.82 Å². The van der Waals surface area contributed by atoms with E-state index in [9.17, 15) is 19.1 Å². The fourth-order valence-electron chi connectivity index (χ4n) is 4.35. The highest BCUT2D eigenvalue weighted by molar-refractivity contribution is 5.92. The second-order valence-corrected chi connectivity index (χ2v) is 7.62. The van der Waals surface area contributed by atoms with Gasteiger partial charge in [0.2, 0.25) is 5.43 Å². The molecule has 5 rings (SSSR count). The monoisotopic (exact) mass is 394 g/mol. The molecule has 0 amide bonds. The van der Waals surface area contributed by atoms with Gasteiger partial charge >= 0.3 is 5.97 Å². The number of likely N-dealkylation sites (N-methyl/N-ethyl adjacent to an activating group) is 1. The molecule has 3 fully saturated rings. The SMILES string of the molecule is CN1CC2C[C@@H]1CN2c1nc2c(cc1F)c(=O)c(C(=O)O)cn2C1CC1.Cl. The van der Waals surface area contributed by atoms with Gasteiger partial charge in [0.1, 0.15) is 11.2 Å². The number of likely N-dealkylation sites (tertiary alicyclic amines) is 1. The van der Waals surface area contributed by atoms with E-state index in [2.05, 4.69) is 16.9 Å². The molecule has 1 unspecified atom stereocenters. The number of aromatic carboxylic acids is 1. The summed E-state index contributed by atoms with van der Waals surface area (Å²) in [6, 6.07) is 1.92. The summed E-state index contributed by atoms with van der Waals surface area (Å²) in [5.41, 5.74) is -0.625. The van der Waals surface area contributed by atoms with E-state index in [1.165, 1.54) is 12.3 Å². The highest BCUT2D eigenvalue weighted by Gasteiger charge is 2.43. The van der Waals surface area contributed by atoms with Gasteiger partial charge in [-0.25, -0.2) is 14.2 Å². The number of hydrogen-bond acceptors (Lipinski definition) is 5. The Bertz CT molecular complexity index is 1000. The van der Waals surface area contributed by atoms with Crippen LogP contribution >= 0.6 is 12.4 Å². The Morgan fingerprint density at radius 3 is 2.56 bits per heavy atom. The molecule has 9 heteroatoms. The second-order valence-electron chi connectivity index (χ2n) is 7.62. The van der Waals surface area contributed by atoms with Crippen molar-refractivity contribution in [3.05, 3.63) is 33.9 Å². The number of aromatic nitrogens is 2. The number of fused-ring (bicyclic) bond motifs is 3. The predicted octanol–water partition coefficient (Wildman–Crippen LogP) is 1.88.